The van der Waals surface area contributed by atoms with Gasteiger partial charge in [-0.25, -0.2) is 0 Å². The Labute approximate surface area is 191 Å². The van der Waals surface area contributed by atoms with Crippen LogP contribution in [0.3, 0.4) is 0 Å². The molecule has 0 spiro atoms. The molecule has 0 saturated carbocycles. The summed E-state index contributed by atoms with van der Waals surface area (Å²) in [6, 6.07) is 23.8. The second kappa shape index (κ2) is 8.20. The molecule has 1 aromatic heterocycles. The van der Waals surface area contributed by atoms with Crippen molar-refractivity contribution >= 4 is 55.1 Å². The Morgan fingerprint density at radius 3 is 2.45 bits per heavy atom. The average molecular weight is 466 g/mol. The van der Waals surface area contributed by atoms with E-state index in [9.17, 15) is 0 Å². The number of rotatable bonds is 3. The Kier molecular flexibility index (Phi) is 5.25. The largest absolute Gasteiger partial charge is 0.313 e. The molecule has 3 aromatic carbocycles. The van der Waals surface area contributed by atoms with Crippen LogP contribution in [0, 0.1) is 0 Å². The van der Waals surface area contributed by atoms with Crippen molar-refractivity contribution in [2.24, 2.45) is 0 Å². The van der Waals surface area contributed by atoms with Crippen LogP contribution in [0.15, 0.2) is 102 Å². The summed E-state index contributed by atoms with van der Waals surface area (Å²) < 4.78 is 3.53. The summed E-state index contributed by atoms with van der Waals surface area (Å²) in [7, 11) is 0. The average Bonchev–Trinajstić information content (AvgIpc) is 3.14. The third kappa shape index (κ3) is 3.41. The van der Waals surface area contributed by atoms with E-state index in [1.54, 1.807) is 0 Å². The van der Waals surface area contributed by atoms with Crippen LogP contribution in [-0.2, 0) is 0 Å². The topological polar surface area (TPSA) is 4.93 Å². The number of halogens is 1. The summed E-state index contributed by atoms with van der Waals surface area (Å²) in [4.78, 5) is 0. The maximum absolute atomic E-state index is 4.12. The van der Waals surface area contributed by atoms with Crippen molar-refractivity contribution in [1.82, 2.24) is 4.57 Å². The minimum absolute atomic E-state index is 0.991. The first kappa shape index (κ1) is 19.8. The van der Waals surface area contributed by atoms with Crippen molar-refractivity contribution in [1.29, 1.82) is 0 Å². The van der Waals surface area contributed by atoms with E-state index < -0.39 is 0 Å². The van der Waals surface area contributed by atoms with Gasteiger partial charge in [0.2, 0.25) is 0 Å². The number of aromatic nitrogens is 1. The predicted molar refractivity (Wildman–Crippen MR) is 138 cm³/mol. The van der Waals surface area contributed by atoms with Crippen LogP contribution in [0.25, 0.3) is 39.2 Å². The van der Waals surface area contributed by atoms with Crippen LogP contribution in [-0.4, -0.2) is 4.57 Å². The number of hydrogen-bond donors (Lipinski definition) is 0. The smallest absolute Gasteiger partial charge is 0.0538 e. The standard InChI is InChI=1S/C29H24BrN/c1-3-20-9-5-6-10-25(20)24(4-2)21-13-16-23(17-14-21)31-28-12-8-7-11-26(28)27-19-22(30)15-18-29(27)31/h3-13,15-16,18-19H,2,14,17H2,1H3/b20-3-,25-24+. The number of nitrogens with zero attached hydrogens (tertiary/aromatic N) is 1. The van der Waals surface area contributed by atoms with Crippen LogP contribution in [0.1, 0.15) is 19.8 Å². The van der Waals surface area contributed by atoms with Gasteiger partial charge >= 0.3 is 0 Å². The third-order valence-electron chi connectivity index (χ3n) is 6.16. The molecule has 0 amide bonds. The fraction of sp³-hybridized carbons (Fsp3) is 0.103. The molecule has 0 fully saturated rings. The Morgan fingerprint density at radius 2 is 1.68 bits per heavy atom. The van der Waals surface area contributed by atoms with Crippen LogP contribution >= 0.6 is 15.9 Å². The molecule has 1 aliphatic rings. The molecule has 1 nitrogen and oxygen atoms in total. The zero-order valence-corrected chi connectivity index (χ0v) is 19.2. The number of para-hydroxylation sites is 1. The summed E-state index contributed by atoms with van der Waals surface area (Å²) in [5.74, 6) is 0. The lowest BCUT2D eigenvalue weighted by atomic mass is 9.93. The van der Waals surface area contributed by atoms with Gasteiger partial charge in [-0.05, 0) is 71.7 Å². The summed E-state index contributed by atoms with van der Waals surface area (Å²) in [6.45, 7) is 6.22. The summed E-state index contributed by atoms with van der Waals surface area (Å²) >= 11 is 3.64. The first-order chi connectivity index (χ1) is 15.2. The number of fused-ring (bicyclic) bond motifs is 3. The highest BCUT2D eigenvalue weighted by Crippen LogP contribution is 2.36. The van der Waals surface area contributed by atoms with Gasteiger partial charge in [0.1, 0.15) is 0 Å². The predicted octanol–water partition coefficient (Wildman–Crippen LogP) is 6.96. The molecule has 0 N–H and O–H groups in total. The van der Waals surface area contributed by atoms with E-state index in [0.717, 1.165) is 17.3 Å². The Hall–Kier alpha value is -3.10. The van der Waals surface area contributed by atoms with Crippen LogP contribution in [0.5, 0.6) is 0 Å². The zero-order valence-electron chi connectivity index (χ0n) is 17.6. The van der Waals surface area contributed by atoms with E-state index in [0.29, 0.717) is 0 Å². The van der Waals surface area contributed by atoms with Gasteiger partial charge in [-0.1, -0.05) is 83.2 Å². The lowest BCUT2D eigenvalue weighted by molar-refractivity contribution is 0.952. The molecular formula is C29H24BrN. The lowest BCUT2D eigenvalue weighted by Crippen LogP contribution is -2.26. The number of allylic oxidation sites excluding steroid dienone is 5. The Morgan fingerprint density at radius 1 is 0.903 bits per heavy atom. The normalized spacial score (nSPS) is 15.7. The molecule has 0 saturated heterocycles. The molecular weight excluding hydrogens is 442 g/mol. The number of hydrogen-bond acceptors (Lipinski definition) is 0. The van der Waals surface area contributed by atoms with E-state index in [1.807, 2.05) is 6.08 Å². The molecule has 5 rings (SSSR count). The van der Waals surface area contributed by atoms with E-state index in [1.165, 1.54) is 49.1 Å². The van der Waals surface area contributed by atoms with Crippen molar-refractivity contribution in [3.63, 3.8) is 0 Å². The minimum Gasteiger partial charge on any atom is -0.313 e. The summed E-state index contributed by atoms with van der Waals surface area (Å²) in [6.07, 6.45) is 10.7. The van der Waals surface area contributed by atoms with Gasteiger partial charge in [-0.2, -0.15) is 0 Å². The van der Waals surface area contributed by atoms with E-state index in [-0.39, 0.29) is 0 Å². The molecule has 2 heteroatoms. The minimum atomic E-state index is 0.991. The molecule has 1 aliphatic carbocycles. The van der Waals surface area contributed by atoms with Gasteiger partial charge in [0.15, 0.2) is 0 Å². The number of benzene rings is 3. The van der Waals surface area contributed by atoms with Crippen molar-refractivity contribution in [3.8, 4) is 0 Å². The molecule has 0 bridgehead atoms. The highest BCUT2D eigenvalue weighted by Gasteiger charge is 2.16. The van der Waals surface area contributed by atoms with Crippen molar-refractivity contribution < 1.29 is 0 Å². The van der Waals surface area contributed by atoms with E-state index in [4.69, 9.17) is 0 Å². The fourth-order valence-electron chi connectivity index (χ4n) is 4.70. The van der Waals surface area contributed by atoms with Gasteiger partial charge in [0.05, 0.1) is 11.0 Å². The maximum atomic E-state index is 4.12. The maximum Gasteiger partial charge on any atom is 0.0538 e. The van der Waals surface area contributed by atoms with Gasteiger partial charge in [0.25, 0.3) is 0 Å². The van der Waals surface area contributed by atoms with Crippen molar-refractivity contribution in [3.05, 3.63) is 112 Å². The highest BCUT2D eigenvalue weighted by atomic mass is 79.9. The van der Waals surface area contributed by atoms with Gasteiger partial charge < -0.3 is 4.57 Å². The monoisotopic (exact) mass is 465 g/mol. The van der Waals surface area contributed by atoms with E-state index in [2.05, 4.69) is 119 Å². The Balaban J connectivity index is 1.70. The first-order valence-corrected chi connectivity index (χ1v) is 11.5. The van der Waals surface area contributed by atoms with E-state index >= 15 is 0 Å². The van der Waals surface area contributed by atoms with Gasteiger partial charge in [-0.15, -0.1) is 0 Å². The van der Waals surface area contributed by atoms with Crippen LogP contribution < -0.4 is 10.4 Å². The lowest BCUT2D eigenvalue weighted by Gasteiger charge is -2.19. The fourth-order valence-corrected chi connectivity index (χ4v) is 5.06. The molecule has 152 valence electrons. The molecule has 0 unspecified atom stereocenters. The second-order valence-electron chi connectivity index (χ2n) is 7.86. The van der Waals surface area contributed by atoms with Gasteiger partial charge in [0, 0.05) is 20.9 Å². The summed E-state index contributed by atoms with van der Waals surface area (Å²) in [5, 5.41) is 5.08. The summed E-state index contributed by atoms with van der Waals surface area (Å²) in [5.41, 5.74) is 6.42. The zero-order chi connectivity index (χ0) is 21.4. The highest BCUT2D eigenvalue weighted by molar-refractivity contribution is 9.10. The van der Waals surface area contributed by atoms with Crippen LogP contribution in [0.2, 0.25) is 0 Å². The molecule has 1 heterocycles. The molecule has 31 heavy (non-hydrogen) atoms. The van der Waals surface area contributed by atoms with Crippen LogP contribution in [0.4, 0.5) is 0 Å². The molecule has 0 atom stereocenters. The quantitative estimate of drug-likeness (QED) is 0.308. The molecule has 0 radical (unpaired) electrons. The molecule has 4 aromatic rings. The third-order valence-corrected chi connectivity index (χ3v) is 6.65. The van der Waals surface area contributed by atoms with Gasteiger partial charge in [-0.3, -0.25) is 0 Å². The first-order valence-electron chi connectivity index (χ1n) is 10.7. The Bertz CT molecular complexity index is 1510. The molecule has 0 aliphatic heterocycles. The van der Waals surface area contributed by atoms with Crippen molar-refractivity contribution in [2.45, 2.75) is 19.8 Å². The van der Waals surface area contributed by atoms with Crippen molar-refractivity contribution in [2.75, 3.05) is 0 Å². The second-order valence-corrected chi connectivity index (χ2v) is 8.77. The SMILES string of the molecule is C=C/C(C1=CC=C(n2c3ccccc3c3cc(Br)ccc32)CC1)=c1/cccc/c1=C/C.